The fourth-order valence-corrected chi connectivity index (χ4v) is 3.89. The lowest BCUT2D eigenvalue weighted by Gasteiger charge is -2.21. The maximum absolute atomic E-state index is 4.78. The number of halogens is 1. The Labute approximate surface area is 200 Å². The number of rotatable bonds is 9. The molecule has 2 heterocycles. The number of aromatic nitrogens is 3. The van der Waals surface area contributed by atoms with Crippen LogP contribution in [0.15, 0.2) is 46.9 Å². The van der Waals surface area contributed by atoms with Crippen LogP contribution in [0.3, 0.4) is 0 Å². The minimum absolute atomic E-state index is 0. The largest absolute Gasteiger partial charge is 0.357 e. The highest BCUT2D eigenvalue weighted by Gasteiger charge is 2.10. The zero-order chi connectivity index (χ0) is 20.5. The molecule has 0 atom stereocenters. The average Bonchev–Trinajstić information content (AvgIpc) is 3.36. The fourth-order valence-electron chi connectivity index (χ4n) is 3.07. The maximum Gasteiger partial charge on any atom is 0.194 e. The summed E-state index contributed by atoms with van der Waals surface area (Å²) in [5, 5.41) is 6.72. The van der Waals surface area contributed by atoms with Crippen molar-refractivity contribution >= 4 is 41.3 Å². The van der Waals surface area contributed by atoms with Gasteiger partial charge in [0.1, 0.15) is 5.82 Å². The van der Waals surface area contributed by atoms with Crippen molar-refractivity contribution in [3.05, 3.63) is 58.4 Å². The molecule has 3 aromatic rings. The molecule has 8 heteroatoms. The fraction of sp³-hybridized carbons (Fsp3) is 0.409. The van der Waals surface area contributed by atoms with Gasteiger partial charge in [-0.1, -0.05) is 30.3 Å². The van der Waals surface area contributed by atoms with Crippen LogP contribution in [0, 0.1) is 6.92 Å². The van der Waals surface area contributed by atoms with Crippen molar-refractivity contribution in [2.45, 2.75) is 39.7 Å². The van der Waals surface area contributed by atoms with Crippen LogP contribution in [0.25, 0.3) is 11.3 Å². The molecule has 30 heavy (non-hydrogen) atoms. The van der Waals surface area contributed by atoms with Crippen LogP contribution in [-0.2, 0) is 13.0 Å². The lowest BCUT2D eigenvalue weighted by Crippen LogP contribution is -2.38. The number of hydrogen-bond donors (Lipinski definition) is 2. The van der Waals surface area contributed by atoms with E-state index in [1.165, 1.54) is 5.01 Å². The van der Waals surface area contributed by atoms with Crippen LogP contribution >= 0.6 is 35.3 Å². The highest BCUT2D eigenvalue weighted by molar-refractivity contribution is 14.0. The standard InChI is InChI=1S/C22H30N6S.HI/c1-4-23-22(24-13-9-8-12-21-26-17(2)16-29-21)28(3)15-20-25-14-19(27-20)18-10-6-5-7-11-18;/h5-7,10-11,14,16H,4,8-9,12-13,15H2,1-3H3,(H,23,24)(H,25,27);1H. The van der Waals surface area contributed by atoms with Crippen LogP contribution in [0.1, 0.15) is 36.3 Å². The van der Waals surface area contributed by atoms with Gasteiger partial charge in [-0.05, 0) is 38.7 Å². The Morgan fingerprint density at radius 3 is 2.73 bits per heavy atom. The van der Waals surface area contributed by atoms with Crippen molar-refractivity contribution < 1.29 is 0 Å². The number of aryl methyl sites for hydroxylation is 2. The predicted molar refractivity (Wildman–Crippen MR) is 137 cm³/mol. The van der Waals surface area contributed by atoms with E-state index >= 15 is 0 Å². The first kappa shape index (κ1) is 24.3. The summed E-state index contributed by atoms with van der Waals surface area (Å²) in [6, 6.07) is 10.3. The summed E-state index contributed by atoms with van der Waals surface area (Å²) >= 11 is 1.75. The van der Waals surface area contributed by atoms with Gasteiger partial charge in [-0.2, -0.15) is 0 Å². The molecular weight excluding hydrogens is 507 g/mol. The van der Waals surface area contributed by atoms with Crippen molar-refractivity contribution in [2.75, 3.05) is 20.1 Å². The van der Waals surface area contributed by atoms with Crippen molar-refractivity contribution in [1.29, 1.82) is 0 Å². The number of guanidine groups is 1. The lowest BCUT2D eigenvalue weighted by atomic mass is 10.2. The van der Waals surface area contributed by atoms with E-state index in [4.69, 9.17) is 4.99 Å². The number of benzene rings is 1. The first-order chi connectivity index (χ1) is 14.2. The van der Waals surface area contributed by atoms with Crippen LogP contribution in [-0.4, -0.2) is 45.9 Å². The Hall–Kier alpha value is -1.94. The van der Waals surface area contributed by atoms with Crippen molar-refractivity contribution in [3.8, 4) is 11.3 Å². The summed E-state index contributed by atoms with van der Waals surface area (Å²) in [7, 11) is 2.05. The Morgan fingerprint density at radius 2 is 2.03 bits per heavy atom. The zero-order valence-corrected chi connectivity index (χ0v) is 21.0. The summed E-state index contributed by atoms with van der Waals surface area (Å²) in [4.78, 5) is 19.4. The van der Waals surface area contributed by atoms with Crippen LogP contribution in [0.4, 0.5) is 0 Å². The molecule has 3 rings (SSSR count). The molecule has 2 aromatic heterocycles. The van der Waals surface area contributed by atoms with Gasteiger partial charge < -0.3 is 15.2 Å². The maximum atomic E-state index is 4.78. The molecule has 0 unspecified atom stereocenters. The van der Waals surface area contributed by atoms with Crippen molar-refractivity contribution in [2.24, 2.45) is 4.99 Å². The van der Waals surface area contributed by atoms with Gasteiger partial charge in [0.05, 0.1) is 23.4 Å². The van der Waals surface area contributed by atoms with Gasteiger partial charge in [-0.25, -0.2) is 9.97 Å². The third-order valence-electron chi connectivity index (χ3n) is 4.52. The Balaban J connectivity index is 0.00000320. The number of imidazole rings is 1. The van der Waals surface area contributed by atoms with Gasteiger partial charge in [-0.15, -0.1) is 35.3 Å². The lowest BCUT2D eigenvalue weighted by molar-refractivity contribution is 0.463. The summed E-state index contributed by atoms with van der Waals surface area (Å²) in [5.41, 5.74) is 3.30. The summed E-state index contributed by atoms with van der Waals surface area (Å²) < 4.78 is 0. The number of aliphatic imine (C=N–C) groups is 1. The molecule has 0 fully saturated rings. The monoisotopic (exact) mass is 538 g/mol. The number of thiazole rings is 1. The highest BCUT2D eigenvalue weighted by atomic mass is 127. The quantitative estimate of drug-likeness (QED) is 0.176. The van der Waals surface area contributed by atoms with Crippen LogP contribution < -0.4 is 5.32 Å². The summed E-state index contributed by atoms with van der Waals surface area (Å²) in [6.45, 7) is 6.47. The van der Waals surface area contributed by atoms with Crippen molar-refractivity contribution in [1.82, 2.24) is 25.2 Å². The van der Waals surface area contributed by atoms with E-state index in [9.17, 15) is 0 Å². The van der Waals surface area contributed by atoms with Gasteiger partial charge in [0.15, 0.2) is 5.96 Å². The molecule has 162 valence electrons. The molecule has 0 amide bonds. The molecule has 0 saturated heterocycles. The van der Waals surface area contributed by atoms with Crippen LogP contribution in [0.2, 0.25) is 0 Å². The van der Waals surface area contributed by atoms with Gasteiger partial charge >= 0.3 is 0 Å². The Morgan fingerprint density at radius 1 is 1.23 bits per heavy atom. The molecule has 0 radical (unpaired) electrons. The number of nitrogens with zero attached hydrogens (tertiary/aromatic N) is 4. The number of nitrogens with one attached hydrogen (secondary N) is 2. The molecule has 2 N–H and O–H groups in total. The summed E-state index contributed by atoms with van der Waals surface area (Å²) in [5.74, 6) is 1.84. The molecule has 0 bridgehead atoms. The smallest absolute Gasteiger partial charge is 0.194 e. The predicted octanol–water partition coefficient (Wildman–Crippen LogP) is 4.88. The Kier molecular flexibility index (Phi) is 10.3. The highest BCUT2D eigenvalue weighted by Crippen LogP contribution is 2.16. The number of hydrogen-bond acceptors (Lipinski definition) is 4. The minimum Gasteiger partial charge on any atom is -0.357 e. The second-order valence-electron chi connectivity index (χ2n) is 7.04. The third kappa shape index (κ3) is 7.39. The van der Waals surface area contributed by atoms with E-state index in [0.717, 1.165) is 61.1 Å². The topological polar surface area (TPSA) is 69.2 Å². The molecule has 0 saturated carbocycles. The van der Waals surface area contributed by atoms with Gasteiger partial charge in [-0.3, -0.25) is 4.99 Å². The van der Waals surface area contributed by atoms with E-state index in [1.54, 1.807) is 11.3 Å². The van der Waals surface area contributed by atoms with Crippen molar-refractivity contribution in [3.63, 3.8) is 0 Å². The second kappa shape index (κ2) is 12.7. The molecule has 0 aliphatic carbocycles. The molecule has 1 aromatic carbocycles. The van der Waals surface area contributed by atoms with E-state index in [1.807, 2.05) is 38.4 Å². The first-order valence-electron chi connectivity index (χ1n) is 10.2. The average molecular weight is 539 g/mol. The van der Waals surface area contributed by atoms with Gasteiger partial charge in [0.25, 0.3) is 0 Å². The van der Waals surface area contributed by atoms with E-state index in [0.29, 0.717) is 6.54 Å². The Bertz CT molecular complexity index is 905. The van der Waals surface area contributed by atoms with Gasteiger partial charge in [0, 0.05) is 31.2 Å². The van der Waals surface area contributed by atoms with E-state index < -0.39 is 0 Å². The molecule has 0 spiro atoms. The molecule has 6 nitrogen and oxygen atoms in total. The molecule has 0 aliphatic heterocycles. The third-order valence-corrected chi connectivity index (χ3v) is 5.55. The number of aromatic amines is 1. The minimum atomic E-state index is 0. The molecular formula is C22H31IN6S. The number of H-pyrrole nitrogens is 1. The molecule has 0 aliphatic rings. The number of unbranched alkanes of at least 4 members (excludes halogenated alkanes) is 1. The normalized spacial score (nSPS) is 11.2. The second-order valence-corrected chi connectivity index (χ2v) is 7.98. The SMILES string of the molecule is CCNC(=NCCCCc1nc(C)cs1)N(C)Cc1ncc(-c2ccccc2)[nH]1.I. The van der Waals surface area contributed by atoms with Crippen LogP contribution in [0.5, 0.6) is 0 Å². The zero-order valence-electron chi connectivity index (χ0n) is 17.9. The summed E-state index contributed by atoms with van der Waals surface area (Å²) in [6.07, 6.45) is 5.09. The van der Waals surface area contributed by atoms with Gasteiger partial charge in [0.2, 0.25) is 0 Å². The van der Waals surface area contributed by atoms with E-state index in [2.05, 4.69) is 49.6 Å². The van der Waals surface area contributed by atoms with E-state index in [-0.39, 0.29) is 24.0 Å². The first-order valence-corrected chi connectivity index (χ1v) is 11.0.